The van der Waals surface area contributed by atoms with Crippen molar-refractivity contribution in [2.75, 3.05) is 0 Å². The second-order valence-electron chi connectivity index (χ2n) is 17.5. The Morgan fingerprint density at radius 3 is 1.43 bits per heavy atom. The van der Waals surface area contributed by atoms with Gasteiger partial charge in [0.1, 0.15) is 0 Å². The van der Waals surface area contributed by atoms with Crippen LogP contribution < -0.4 is 20.7 Å². The number of hydrogen-bond donors (Lipinski definition) is 0. The lowest BCUT2D eigenvalue weighted by Gasteiger charge is -2.34. The third-order valence-electron chi connectivity index (χ3n) is 13.6. The molecule has 0 fully saturated rings. The summed E-state index contributed by atoms with van der Waals surface area (Å²) >= 11 is 1.85. The van der Waals surface area contributed by atoms with Crippen molar-refractivity contribution in [3.05, 3.63) is 255 Å². The highest BCUT2D eigenvalue weighted by Gasteiger charge is 2.41. The van der Waals surface area contributed by atoms with E-state index in [2.05, 4.69) is 259 Å². The van der Waals surface area contributed by atoms with Crippen molar-refractivity contribution < 1.29 is 0 Å². The van der Waals surface area contributed by atoms with Gasteiger partial charge >= 0.3 is 0 Å². The molecule has 13 aromatic rings. The van der Waals surface area contributed by atoms with Gasteiger partial charge in [-0.3, -0.25) is 0 Å². The Kier molecular flexibility index (Phi) is 10.00. The predicted octanol–water partition coefficient (Wildman–Crippen LogP) is 13.4. The van der Waals surface area contributed by atoms with E-state index >= 15 is 0 Å². The van der Waals surface area contributed by atoms with Crippen molar-refractivity contribution in [2.24, 2.45) is 0 Å². The summed E-state index contributed by atoms with van der Waals surface area (Å²) < 4.78 is 4.94. The van der Waals surface area contributed by atoms with E-state index in [0.717, 1.165) is 39.0 Å². The number of nitrogens with zero attached hydrogens (tertiary/aromatic N) is 4. The first-order chi connectivity index (χ1) is 34.2. The van der Waals surface area contributed by atoms with Gasteiger partial charge in [-0.2, -0.15) is 0 Å². The van der Waals surface area contributed by atoms with Gasteiger partial charge in [-0.1, -0.05) is 224 Å². The van der Waals surface area contributed by atoms with Crippen molar-refractivity contribution in [1.82, 2.24) is 19.5 Å². The number of rotatable bonds is 9. The Labute approximate surface area is 405 Å². The minimum Gasteiger partial charge on any atom is -0.309 e. The van der Waals surface area contributed by atoms with Crippen LogP contribution in [-0.2, 0) is 0 Å². The van der Waals surface area contributed by atoms with Gasteiger partial charge in [-0.05, 0) is 62.2 Å². The molecular formula is C63H42N4SSi. The number of benzene rings is 10. The molecule has 0 aliphatic carbocycles. The summed E-state index contributed by atoms with van der Waals surface area (Å²) in [6.07, 6.45) is 0. The Morgan fingerprint density at radius 1 is 0.319 bits per heavy atom. The summed E-state index contributed by atoms with van der Waals surface area (Å²) in [6, 6.07) is 91.9. The van der Waals surface area contributed by atoms with Gasteiger partial charge in [0.05, 0.1) is 16.7 Å². The molecule has 0 atom stereocenters. The van der Waals surface area contributed by atoms with Crippen LogP contribution >= 0.6 is 11.3 Å². The molecule has 3 aromatic heterocycles. The van der Waals surface area contributed by atoms with E-state index < -0.39 is 8.07 Å². The zero-order chi connectivity index (χ0) is 45.7. The number of hydrogen-bond acceptors (Lipinski definition) is 4. The average Bonchev–Trinajstić information content (AvgIpc) is 3.98. The molecule has 13 rings (SSSR count). The maximum absolute atomic E-state index is 5.47. The van der Waals surface area contributed by atoms with E-state index in [-0.39, 0.29) is 0 Å². The average molecular weight is 915 g/mol. The van der Waals surface area contributed by atoms with Gasteiger partial charge in [0, 0.05) is 47.6 Å². The maximum atomic E-state index is 5.47. The first kappa shape index (κ1) is 40.7. The van der Waals surface area contributed by atoms with Crippen LogP contribution in [0.3, 0.4) is 0 Å². The molecule has 0 unspecified atom stereocenters. The van der Waals surface area contributed by atoms with Gasteiger partial charge in [0.15, 0.2) is 25.5 Å². The highest BCUT2D eigenvalue weighted by Crippen LogP contribution is 2.41. The molecular weight excluding hydrogens is 873 g/mol. The Morgan fingerprint density at radius 2 is 0.783 bits per heavy atom. The van der Waals surface area contributed by atoms with Crippen LogP contribution in [0.5, 0.6) is 0 Å². The zero-order valence-corrected chi connectivity index (χ0v) is 39.3. The van der Waals surface area contributed by atoms with Gasteiger partial charge in [-0.25, -0.2) is 15.0 Å². The number of thiophene rings is 1. The van der Waals surface area contributed by atoms with Crippen molar-refractivity contribution in [3.63, 3.8) is 0 Å². The first-order valence-corrected chi connectivity index (χ1v) is 26.2. The molecule has 4 nitrogen and oxygen atoms in total. The quantitative estimate of drug-likeness (QED) is 0.107. The van der Waals surface area contributed by atoms with Crippen LogP contribution in [0.1, 0.15) is 0 Å². The number of para-hydroxylation sites is 3. The molecule has 10 aromatic carbocycles. The fourth-order valence-corrected chi connectivity index (χ4v) is 16.6. The lowest BCUT2D eigenvalue weighted by atomic mass is 10.0. The first-order valence-electron chi connectivity index (χ1n) is 23.3. The maximum Gasteiger partial charge on any atom is 0.179 e. The molecule has 3 heterocycles. The third-order valence-corrected chi connectivity index (χ3v) is 19.6. The van der Waals surface area contributed by atoms with Gasteiger partial charge < -0.3 is 4.57 Å². The molecule has 0 amide bonds. The van der Waals surface area contributed by atoms with Crippen LogP contribution in [0.4, 0.5) is 0 Å². The molecule has 0 radical (unpaired) electrons. The molecule has 0 saturated carbocycles. The third kappa shape index (κ3) is 6.83. The van der Waals surface area contributed by atoms with Crippen LogP contribution in [-0.4, -0.2) is 27.6 Å². The van der Waals surface area contributed by atoms with Crippen LogP contribution in [0.2, 0.25) is 0 Å². The zero-order valence-electron chi connectivity index (χ0n) is 37.4. The van der Waals surface area contributed by atoms with Crippen LogP contribution in [0.15, 0.2) is 255 Å². The topological polar surface area (TPSA) is 43.6 Å². The summed E-state index contributed by atoms with van der Waals surface area (Å²) in [6.45, 7) is 0. The highest BCUT2D eigenvalue weighted by atomic mass is 32.1. The van der Waals surface area contributed by atoms with E-state index in [1.165, 1.54) is 57.3 Å². The summed E-state index contributed by atoms with van der Waals surface area (Å²) in [7, 11) is -2.86. The van der Waals surface area contributed by atoms with Crippen LogP contribution in [0, 0.1) is 0 Å². The summed E-state index contributed by atoms with van der Waals surface area (Å²) in [5, 5.41) is 10.2. The fraction of sp³-hybridized carbons (Fsp3) is 0. The summed E-state index contributed by atoms with van der Waals surface area (Å²) in [4.78, 5) is 16.3. The smallest absolute Gasteiger partial charge is 0.179 e. The number of aromatic nitrogens is 4. The van der Waals surface area contributed by atoms with E-state index in [1.54, 1.807) is 0 Å². The second kappa shape index (κ2) is 17.0. The Hall–Kier alpha value is -8.55. The Balaban J connectivity index is 1.02. The summed E-state index contributed by atoms with van der Waals surface area (Å²) in [5.41, 5.74) is 8.39. The lowest BCUT2D eigenvalue weighted by Crippen LogP contribution is -2.74. The minimum atomic E-state index is -2.86. The normalized spacial score (nSPS) is 11.8. The largest absolute Gasteiger partial charge is 0.309 e. The van der Waals surface area contributed by atoms with Crippen molar-refractivity contribution in [2.45, 2.75) is 0 Å². The molecule has 0 saturated heterocycles. The molecule has 324 valence electrons. The second-order valence-corrected chi connectivity index (χ2v) is 22.3. The standard InChI is InChI=1S/C63H42N4SSi/c1-4-21-46(22-5-1)69(47-23-6-2-7-24-47,48-25-8-3-9-26-48)49-27-18-20-45(42-49)62-64-61(44-40-38-43(39-41-44)50-32-19-33-54-53-30-13-17-37-59(53)68-60(50)54)65-63(66-62)55-31-12-16-36-58(55)67-56-34-14-10-28-51(56)52-29-11-15-35-57(52)67/h1-42H. The highest BCUT2D eigenvalue weighted by molar-refractivity contribution is 7.26. The van der Waals surface area contributed by atoms with Crippen molar-refractivity contribution in [3.8, 4) is 51.0 Å². The number of fused-ring (bicyclic) bond motifs is 6. The molecule has 0 aliphatic rings. The monoisotopic (exact) mass is 914 g/mol. The molecule has 6 heteroatoms. The fourth-order valence-electron chi connectivity index (χ4n) is 10.5. The van der Waals surface area contributed by atoms with E-state index in [4.69, 9.17) is 15.0 Å². The molecule has 69 heavy (non-hydrogen) atoms. The Bertz CT molecular complexity index is 3860. The minimum absolute atomic E-state index is 0.606. The van der Waals surface area contributed by atoms with Crippen molar-refractivity contribution >= 4 is 82.1 Å². The van der Waals surface area contributed by atoms with Crippen molar-refractivity contribution in [1.29, 1.82) is 0 Å². The molecule has 0 aliphatic heterocycles. The van der Waals surface area contributed by atoms with Gasteiger partial charge in [0.2, 0.25) is 0 Å². The molecule has 0 bridgehead atoms. The predicted molar refractivity (Wildman–Crippen MR) is 292 cm³/mol. The SMILES string of the molecule is c1ccc([Si](c2ccccc2)(c2ccccc2)c2cccc(-c3nc(-c4ccc(-c5cccc6c5sc5ccccc56)cc4)nc(-c4ccccc4-n4c5ccccc5c5ccccc54)n3)c2)cc1. The van der Waals surface area contributed by atoms with Gasteiger partial charge in [-0.15, -0.1) is 11.3 Å². The van der Waals surface area contributed by atoms with E-state index in [0.29, 0.717) is 17.5 Å². The molecule has 0 N–H and O–H groups in total. The van der Waals surface area contributed by atoms with Gasteiger partial charge in [0.25, 0.3) is 0 Å². The summed E-state index contributed by atoms with van der Waals surface area (Å²) in [5.74, 6) is 1.83. The van der Waals surface area contributed by atoms with E-state index in [1.807, 2.05) is 11.3 Å². The van der Waals surface area contributed by atoms with E-state index in [9.17, 15) is 0 Å². The molecule has 0 spiro atoms. The van der Waals surface area contributed by atoms with Crippen LogP contribution in [0.25, 0.3) is 93.0 Å². The lowest BCUT2D eigenvalue weighted by molar-refractivity contribution is 1.06.